The van der Waals surface area contributed by atoms with E-state index in [9.17, 15) is 12.8 Å². The molecule has 1 aromatic heterocycles. The van der Waals surface area contributed by atoms with Crippen LogP contribution in [0.2, 0.25) is 4.34 Å². The van der Waals surface area contributed by atoms with E-state index in [1.807, 2.05) is 6.07 Å². The summed E-state index contributed by atoms with van der Waals surface area (Å²) in [6.45, 7) is 0. The molecule has 1 aliphatic rings. The van der Waals surface area contributed by atoms with Crippen LogP contribution in [0.4, 0.5) is 10.1 Å². The van der Waals surface area contributed by atoms with E-state index < -0.39 is 15.7 Å². The van der Waals surface area contributed by atoms with Crippen LogP contribution in [0.1, 0.15) is 22.9 Å². The molecule has 1 atom stereocenters. The number of fused-ring (bicyclic) bond motifs is 1. The van der Waals surface area contributed by atoms with Gasteiger partial charge in [0, 0.05) is 11.1 Å². The zero-order valence-electron chi connectivity index (χ0n) is 11.2. The van der Waals surface area contributed by atoms with Gasteiger partial charge in [-0.15, -0.1) is 11.3 Å². The second-order valence-electron chi connectivity index (χ2n) is 5.08. The van der Waals surface area contributed by atoms with E-state index in [0.29, 0.717) is 0 Å². The highest BCUT2D eigenvalue weighted by atomic mass is 35.5. The van der Waals surface area contributed by atoms with E-state index in [2.05, 4.69) is 5.32 Å². The van der Waals surface area contributed by atoms with Crippen molar-refractivity contribution in [3.63, 3.8) is 0 Å². The van der Waals surface area contributed by atoms with Crippen LogP contribution in [0.5, 0.6) is 0 Å². The van der Waals surface area contributed by atoms with Gasteiger partial charge in [-0.3, -0.25) is 0 Å². The minimum atomic E-state index is -3.36. The van der Waals surface area contributed by atoms with Crippen molar-refractivity contribution in [2.75, 3.05) is 11.6 Å². The molecule has 2 aromatic rings. The summed E-state index contributed by atoms with van der Waals surface area (Å²) in [5.41, 5.74) is 1.28. The van der Waals surface area contributed by atoms with Gasteiger partial charge in [0.15, 0.2) is 9.84 Å². The van der Waals surface area contributed by atoms with Crippen molar-refractivity contribution in [2.24, 2.45) is 0 Å². The maximum atomic E-state index is 13.9. The summed E-state index contributed by atoms with van der Waals surface area (Å²) < 4.78 is 37.8. The number of anilines is 1. The third-order valence-electron chi connectivity index (χ3n) is 3.54. The Morgan fingerprint density at radius 2 is 2.14 bits per heavy atom. The van der Waals surface area contributed by atoms with E-state index in [4.69, 9.17) is 11.6 Å². The highest BCUT2D eigenvalue weighted by Gasteiger charge is 2.26. The lowest BCUT2D eigenvalue weighted by Gasteiger charge is -2.16. The van der Waals surface area contributed by atoms with Gasteiger partial charge in [-0.1, -0.05) is 11.6 Å². The molecule has 0 saturated carbocycles. The standard InChI is InChI=1S/C14H13ClFNO2S2/c1-21(18,19)8-2-3-10(16)12(6-8)17-11-4-5-13-9(11)7-14(15)20-13/h2-3,6-7,11,17H,4-5H2,1H3. The zero-order chi connectivity index (χ0) is 15.2. The summed E-state index contributed by atoms with van der Waals surface area (Å²) in [5, 5.41) is 3.10. The van der Waals surface area contributed by atoms with Gasteiger partial charge in [-0.25, -0.2) is 12.8 Å². The lowest BCUT2D eigenvalue weighted by Crippen LogP contribution is -2.09. The fraction of sp³-hybridized carbons (Fsp3) is 0.286. The van der Waals surface area contributed by atoms with Crippen LogP contribution in [-0.2, 0) is 16.3 Å². The molecule has 3 nitrogen and oxygen atoms in total. The Kier molecular flexibility index (Phi) is 3.71. The first-order valence-corrected chi connectivity index (χ1v) is 9.47. The van der Waals surface area contributed by atoms with Gasteiger partial charge in [0.05, 0.1) is 21.0 Å². The quantitative estimate of drug-likeness (QED) is 0.854. The fourth-order valence-corrected chi connectivity index (χ4v) is 4.52. The second kappa shape index (κ2) is 5.26. The molecule has 0 spiro atoms. The van der Waals surface area contributed by atoms with Gasteiger partial charge >= 0.3 is 0 Å². The van der Waals surface area contributed by atoms with Crippen molar-refractivity contribution in [2.45, 2.75) is 23.8 Å². The minimum Gasteiger partial charge on any atom is -0.376 e. The van der Waals surface area contributed by atoms with Gasteiger partial charge < -0.3 is 5.32 Å². The third-order valence-corrected chi connectivity index (χ3v) is 5.99. The predicted molar refractivity (Wildman–Crippen MR) is 83.5 cm³/mol. The van der Waals surface area contributed by atoms with Crippen LogP contribution in [0, 0.1) is 5.82 Å². The molecule has 7 heteroatoms. The number of halogens is 2. The predicted octanol–water partition coefficient (Wildman–Crippen LogP) is 4.04. The summed E-state index contributed by atoms with van der Waals surface area (Å²) in [6.07, 6.45) is 2.86. The third kappa shape index (κ3) is 2.93. The number of aryl methyl sites for hydroxylation is 1. The maximum Gasteiger partial charge on any atom is 0.175 e. The van der Waals surface area contributed by atoms with E-state index in [1.54, 1.807) is 0 Å². The molecule has 0 fully saturated rings. The van der Waals surface area contributed by atoms with Gasteiger partial charge in [0.25, 0.3) is 0 Å². The molecule has 0 aliphatic heterocycles. The number of thiophene rings is 1. The molecule has 1 aromatic carbocycles. The Morgan fingerprint density at radius 3 is 2.86 bits per heavy atom. The number of benzene rings is 1. The van der Waals surface area contributed by atoms with Crippen LogP contribution in [0.15, 0.2) is 29.2 Å². The van der Waals surface area contributed by atoms with Gasteiger partial charge in [0.1, 0.15) is 5.82 Å². The maximum absolute atomic E-state index is 13.9. The van der Waals surface area contributed by atoms with Crippen molar-refractivity contribution >= 4 is 38.5 Å². The molecular weight excluding hydrogens is 333 g/mol. The van der Waals surface area contributed by atoms with Crippen LogP contribution < -0.4 is 5.32 Å². The molecule has 3 rings (SSSR count). The van der Waals surface area contributed by atoms with Gasteiger partial charge in [0.2, 0.25) is 0 Å². The summed E-state index contributed by atoms with van der Waals surface area (Å²) in [7, 11) is -3.36. The summed E-state index contributed by atoms with van der Waals surface area (Å²) >= 11 is 7.54. The molecule has 0 saturated heterocycles. The second-order valence-corrected chi connectivity index (χ2v) is 8.86. The molecule has 1 N–H and O–H groups in total. The number of hydrogen-bond acceptors (Lipinski definition) is 4. The van der Waals surface area contributed by atoms with Gasteiger partial charge in [-0.05, 0) is 42.7 Å². The van der Waals surface area contributed by atoms with E-state index >= 15 is 0 Å². The van der Waals surface area contributed by atoms with Crippen LogP contribution in [-0.4, -0.2) is 14.7 Å². The number of sulfone groups is 1. The minimum absolute atomic E-state index is 0.0342. The van der Waals surface area contributed by atoms with Crippen LogP contribution in [0.3, 0.4) is 0 Å². The van der Waals surface area contributed by atoms with Crippen molar-refractivity contribution in [1.29, 1.82) is 0 Å². The van der Waals surface area contributed by atoms with Crippen molar-refractivity contribution in [3.05, 3.63) is 44.9 Å². The summed E-state index contributed by atoms with van der Waals surface area (Å²) in [5.74, 6) is -0.461. The Balaban J connectivity index is 1.92. The molecule has 1 heterocycles. The van der Waals surface area contributed by atoms with Crippen molar-refractivity contribution in [1.82, 2.24) is 0 Å². The molecule has 0 amide bonds. The average molecular weight is 346 g/mol. The summed E-state index contributed by atoms with van der Waals surface area (Å²) in [6, 6.07) is 5.65. The lowest BCUT2D eigenvalue weighted by atomic mass is 10.1. The normalized spacial score (nSPS) is 17.8. The number of nitrogens with one attached hydrogen (secondary N) is 1. The Bertz CT molecular complexity index is 801. The Labute approximate surface area is 131 Å². The van der Waals surface area contributed by atoms with E-state index in [0.717, 1.165) is 29.0 Å². The molecule has 1 aliphatic carbocycles. The van der Waals surface area contributed by atoms with E-state index in [-0.39, 0.29) is 16.6 Å². The highest BCUT2D eigenvalue weighted by Crippen LogP contribution is 2.41. The van der Waals surface area contributed by atoms with Crippen molar-refractivity contribution in [3.8, 4) is 0 Å². The Hall–Kier alpha value is -1.11. The largest absolute Gasteiger partial charge is 0.376 e. The molecule has 0 radical (unpaired) electrons. The Morgan fingerprint density at radius 1 is 1.38 bits per heavy atom. The van der Waals surface area contributed by atoms with Crippen molar-refractivity contribution < 1.29 is 12.8 Å². The molecule has 21 heavy (non-hydrogen) atoms. The van der Waals surface area contributed by atoms with E-state index in [1.165, 1.54) is 34.4 Å². The number of rotatable bonds is 3. The number of hydrogen-bond donors (Lipinski definition) is 1. The van der Waals surface area contributed by atoms with Crippen LogP contribution in [0.25, 0.3) is 0 Å². The fourth-order valence-electron chi connectivity index (χ4n) is 2.51. The average Bonchev–Trinajstić information content (AvgIpc) is 2.91. The smallest absolute Gasteiger partial charge is 0.175 e. The molecule has 112 valence electrons. The highest BCUT2D eigenvalue weighted by molar-refractivity contribution is 7.90. The first-order valence-electron chi connectivity index (χ1n) is 6.39. The molecule has 0 bridgehead atoms. The first-order chi connectivity index (χ1) is 9.84. The van der Waals surface area contributed by atoms with Crippen LogP contribution >= 0.6 is 22.9 Å². The molecule has 1 unspecified atom stereocenters. The first kappa shape index (κ1) is 14.8. The van der Waals surface area contributed by atoms with Gasteiger partial charge in [-0.2, -0.15) is 0 Å². The monoisotopic (exact) mass is 345 g/mol. The lowest BCUT2D eigenvalue weighted by molar-refractivity contribution is 0.600. The SMILES string of the molecule is CS(=O)(=O)c1ccc(F)c(NC2CCc3sc(Cl)cc32)c1. The molecular formula is C14H13ClFNO2S2. The zero-order valence-corrected chi connectivity index (χ0v) is 13.6. The summed E-state index contributed by atoms with van der Waals surface area (Å²) in [4.78, 5) is 1.31. The topological polar surface area (TPSA) is 46.2 Å².